The van der Waals surface area contributed by atoms with Crippen LogP contribution in [-0.2, 0) is 11.8 Å². The summed E-state index contributed by atoms with van der Waals surface area (Å²) in [6.07, 6.45) is 2.17. The zero-order valence-corrected chi connectivity index (χ0v) is 13.9. The first kappa shape index (κ1) is 15.8. The van der Waals surface area contributed by atoms with Gasteiger partial charge in [-0.3, -0.25) is 4.79 Å². The highest BCUT2D eigenvalue weighted by atomic mass is 19.1. The summed E-state index contributed by atoms with van der Waals surface area (Å²) in [6.45, 7) is 0.449. The zero-order chi connectivity index (χ0) is 17.6. The van der Waals surface area contributed by atoms with Crippen molar-refractivity contribution in [3.8, 4) is 0 Å². The molecule has 1 saturated heterocycles. The van der Waals surface area contributed by atoms with Crippen molar-refractivity contribution in [3.63, 3.8) is 0 Å². The van der Waals surface area contributed by atoms with E-state index in [1.165, 1.54) is 6.07 Å². The summed E-state index contributed by atoms with van der Waals surface area (Å²) in [4.78, 5) is 17.8. The standard InChI is InChI=1S/C17H18FN5O2/c1-22-9-19-21-16(22)15-6-10(25-2)8-23(15)17(24)14-7-11-12(18)4-3-5-13(11)20-14/h3-5,7,9-10,15,20H,6,8H2,1-2H3/t10-,15+/m1/s1. The van der Waals surface area contributed by atoms with E-state index in [0.717, 1.165) is 0 Å². The van der Waals surface area contributed by atoms with Crippen molar-refractivity contribution < 1.29 is 13.9 Å². The predicted molar refractivity (Wildman–Crippen MR) is 88.5 cm³/mol. The Labute approximate surface area is 143 Å². The molecule has 7 nitrogen and oxygen atoms in total. The third-order valence-corrected chi connectivity index (χ3v) is 4.74. The van der Waals surface area contributed by atoms with Crippen molar-refractivity contribution in [1.29, 1.82) is 0 Å². The minimum atomic E-state index is -0.353. The molecular weight excluding hydrogens is 325 g/mol. The van der Waals surface area contributed by atoms with E-state index in [-0.39, 0.29) is 23.9 Å². The number of amides is 1. The molecule has 8 heteroatoms. The maximum Gasteiger partial charge on any atom is 0.271 e. The number of aromatic amines is 1. The van der Waals surface area contributed by atoms with E-state index in [9.17, 15) is 9.18 Å². The van der Waals surface area contributed by atoms with Crippen molar-refractivity contribution in [2.45, 2.75) is 18.6 Å². The molecule has 0 aliphatic carbocycles. The van der Waals surface area contributed by atoms with Crippen LogP contribution in [0.2, 0.25) is 0 Å². The lowest BCUT2D eigenvalue weighted by Crippen LogP contribution is -2.33. The number of ether oxygens (including phenoxy) is 1. The van der Waals surface area contributed by atoms with Gasteiger partial charge in [0.25, 0.3) is 5.91 Å². The molecule has 25 heavy (non-hydrogen) atoms. The third kappa shape index (κ3) is 2.58. The molecule has 0 bridgehead atoms. The molecule has 1 aliphatic rings. The van der Waals surface area contributed by atoms with Gasteiger partial charge in [0, 0.05) is 38.0 Å². The predicted octanol–water partition coefficient (Wildman–Crippen LogP) is 2.04. The van der Waals surface area contributed by atoms with E-state index in [1.54, 1.807) is 41.1 Å². The number of carbonyl (C=O) groups is 1. The molecular formula is C17H18FN5O2. The Morgan fingerprint density at radius 2 is 2.28 bits per heavy atom. The molecule has 3 heterocycles. The zero-order valence-electron chi connectivity index (χ0n) is 13.9. The molecule has 0 spiro atoms. The number of nitrogens with one attached hydrogen (secondary N) is 1. The monoisotopic (exact) mass is 343 g/mol. The highest BCUT2D eigenvalue weighted by Crippen LogP contribution is 2.33. The number of nitrogens with zero attached hydrogens (tertiary/aromatic N) is 4. The van der Waals surface area contributed by atoms with Crippen LogP contribution >= 0.6 is 0 Å². The fraction of sp³-hybridized carbons (Fsp3) is 0.353. The van der Waals surface area contributed by atoms with Gasteiger partial charge in [0.2, 0.25) is 0 Å². The van der Waals surface area contributed by atoms with Gasteiger partial charge in [-0.2, -0.15) is 0 Å². The van der Waals surface area contributed by atoms with Gasteiger partial charge >= 0.3 is 0 Å². The molecule has 4 rings (SSSR count). The number of methoxy groups -OCH3 is 1. The molecule has 3 aromatic rings. The minimum absolute atomic E-state index is 0.0771. The summed E-state index contributed by atoms with van der Waals surface area (Å²) in [6, 6.07) is 6.06. The molecule has 0 radical (unpaired) electrons. The molecule has 130 valence electrons. The van der Waals surface area contributed by atoms with Gasteiger partial charge in [-0.15, -0.1) is 10.2 Å². The quantitative estimate of drug-likeness (QED) is 0.790. The lowest BCUT2D eigenvalue weighted by atomic mass is 10.2. The highest BCUT2D eigenvalue weighted by molar-refractivity contribution is 5.98. The Morgan fingerprint density at radius 1 is 1.44 bits per heavy atom. The normalized spacial score (nSPS) is 20.5. The number of carbonyl (C=O) groups excluding carboxylic acids is 1. The minimum Gasteiger partial charge on any atom is -0.380 e. The number of aromatic nitrogens is 4. The Hall–Kier alpha value is -2.74. The number of hydrogen-bond acceptors (Lipinski definition) is 4. The third-order valence-electron chi connectivity index (χ3n) is 4.74. The average Bonchev–Trinajstić information content (AvgIpc) is 3.31. The maximum absolute atomic E-state index is 13.9. The molecule has 1 amide bonds. The van der Waals surface area contributed by atoms with Crippen molar-refractivity contribution in [2.24, 2.45) is 7.05 Å². The highest BCUT2D eigenvalue weighted by Gasteiger charge is 2.39. The summed E-state index contributed by atoms with van der Waals surface area (Å²) in [5.41, 5.74) is 0.949. The Kier molecular flexibility index (Phi) is 3.76. The summed E-state index contributed by atoms with van der Waals surface area (Å²) in [5.74, 6) is 0.146. The SMILES string of the molecule is CO[C@@H]1C[C@@H](c2nncn2C)N(C(=O)c2cc3c(F)cccc3[nH]2)C1. The lowest BCUT2D eigenvalue weighted by Gasteiger charge is -2.23. The number of halogens is 1. The van der Waals surface area contributed by atoms with Crippen molar-refractivity contribution in [1.82, 2.24) is 24.6 Å². The van der Waals surface area contributed by atoms with Crippen LogP contribution in [0.25, 0.3) is 10.9 Å². The van der Waals surface area contributed by atoms with Crippen LogP contribution in [0, 0.1) is 5.82 Å². The van der Waals surface area contributed by atoms with Gasteiger partial charge < -0.3 is 19.2 Å². The van der Waals surface area contributed by atoms with Crippen LogP contribution < -0.4 is 0 Å². The number of H-pyrrole nitrogens is 1. The second kappa shape index (κ2) is 5.96. The van der Waals surface area contributed by atoms with Gasteiger partial charge in [0.15, 0.2) is 5.82 Å². The number of likely N-dealkylation sites (tertiary alicyclic amines) is 1. The van der Waals surface area contributed by atoms with Gasteiger partial charge in [-0.05, 0) is 18.2 Å². The van der Waals surface area contributed by atoms with Gasteiger partial charge in [0.1, 0.15) is 17.8 Å². The summed E-state index contributed by atoms with van der Waals surface area (Å²) in [5, 5.41) is 8.46. The first-order valence-electron chi connectivity index (χ1n) is 8.03. The number of benzene rings is 1. The van der Waals surface area contributed by atoms with E-state index in [0.29, 0.717) is 35.4 Å². The van der Waals surface area contributed by atoms with E-state index >= 15 is 0 Å². The van der Waals surface area contributed by atoms with Crippen molar-refractivity contribution >= 4 is 16.8 Å². The van der Waals surface area contributed by atoms with E-state index in [4.69, 9.17) is 4.74 Å². The molecule has 1 aliphatic heterocycles. The topological polar surface area (TPSA) is 76.0 Å². The van der Waals surface area contributed by atoms with Gasteiger partial charge in [-0.25, -0.2) is 4.39 Å². The second-order valence-electron chi connectivity index (χ2n) is 6.25. The molecule has 1 aromatic carbocycles. The number of hydrogen-bond donors (Lipinski definition) is 1. The Bertz CT molecular complexity index is 934. The van der Waals surface area contributed by atoms with Crippen LogP contribution in [0.1, 0.15) is 28.8 Å². The molecule has 1 fully saturated rings. The molecule has 2 atom stereocenters. The summed E-state index contributed by atoms with van der Waals surface area (Å²) in [7, 11) is 3.47. The maximum atomic E-state index is 13.9. The first-order chi connectivity index (χ1) is 12.1. The molecule has 1 N–H and O–H groups in total. The fourth-order valence-electron chi connectivity index (χ4n) is 3.42. The largest absolute Gasteiger partial charge is 0.380 e. The number of aryl methyl sites for hydroxylation is 1. The summed E-state index contributed by atoms with van der Waals surface area (Å²) < 4.78 is 21.2. The molecule has 2 aromatic heterocycles. The van der Waals surface area contributed by atoms with Gasteiger partial charge in [0.05, 0.1) is 12.1 Å². The van der Waals surface area contributed by atoms with Crippen LogP contribution in [0.3, 0.4) is 0 Å². The second-order valence-corrected chi connectivity index (χ2v) is 6.25. The lowest BCUT2D eigenvalue weighted by molar-refractivity contribution is 0.0678. The van der Waals surface area contributed by atoms with Crippen LogP contribution in [-0.4, -0.2) is 50.3 Å². The Balaban J connectivity index is 1.71. The van der Waals surface area contributed by atoms with E-state index in [2.05, 4.69) is 15.2 Å². The number of fused-ring (bicyclic) bond motifs is 1. The number of rotatable bonds is 3. The van der Waals surface area contributed by atoms with E-state index in [1.807, 2.05) is 7.05 Å². The fourth-order valence-corrected chi connectivity index (χ4v) is 3.42. The van der Waals surface area contributed by atoms with Crippen LogP contribution in [0.5, 0.6) is 0 Å². The molecule has 0 saturated carbocycles. The average molecular weight is 343 g/mol. The first-order valence-corrected chi connectivity index (χ1v) is 8.03. The molecule has 0 unspecified atom stereocenters. The van der Waals surface area contributed by atoms with Crippen LogP contribution in [0.4, 0.5) is 4.39 Å². The Morgan fingerprint density at radius 3 is 2.96 bits per heavy atom. The van der Waals surface area contributed by atoms with Crippen molar-refractivity contribution in [2.75, 3.05) is 13.7 Å². The smallest absolute Gasteiger partial charge is 0.271 e. The van der Waals surface area contributed by atoms with Crippen molar-refractivity contribution in [3.05, 3.63) is 47.9 Å². The van der Waals surface area contributed by atoms with Crippen LogP contribution in [0.15, 0.2) is 30.6 Å². The van der Waals surface area contributed by atoms with Gasteiger partial charge in [-0.1, -0.05) is 6.07 Å². The van der Waals surface area contributed by atoms with E-state index < -0.39 is 0 Å². The summed E-state index contributed by atoms with van der Waals surface area (Å²) >= 11 is 0.